The van der Waals surface area contributed by atoms with Gasteiger partial charge >= 0.3 is 0 Å². The Bertz CT molecular complexity index is 337. The molecule has 0 radical (unpaired) electrons. The fourth-order valence-corrected chi connectivity index (χ4v) is 2.28. The van der Waals surface area contributed by atoms with Crippen molar-refractivity contribution in [3.05, 3.63) is 28.2 Å². The average molecular weight is 285 g/mol. The molecule has 0 saturated heterocycles. The van der Waals surface area contributed by atoms with Gasteiger partial charge in [0.25, 0.3) is 0 Å². The molecule has 0 atom stereocenters. The summed E-state index contributed by atoms with van der Waals surface area (Å²) in [6.07, 6.45) is 0. The largest absolute Gasteiger partial charge is 0.372 e. The third-order valence-corrected chi connectivity index (χ3v) is 3.33. The molecule has 90 valence electrons. The van der Waals surface area contributed by atoms with E-state index in [1.807, 2.05) is 0 Å². The minimum Gasteiger partial charge on any atom is -0.372 e. The summed E-state index contributed by atoms with van der Waals surface area (Å²) in [5.41, 5.74) is 8.07. The van der Waals surface area contributed by atoms with Crippen molar-refractivity contribution in [2.45, 2.75) is 27.3 Å². The third-order valence-electron chi connectivity index (χ3n) is 2.59. The van der Waals surface area contributed by atoms with Crippen LogP contribution in [0.15, 0.2) is 22.7 Å². The van der Waals surface area contributed by atoms with Crippen molar-refractivity contribution in [3.8, 4) is 0 Å². The molecular weight excluding hydrogens is 264 g/mol. The Labute approximate surface area is 107 Å². The van der Waals surface area contributed by atoms with Crippen LogP contribution in [0, 0.1) is 5.92 Å². The van der Waals surface area contributed by atoms with Gasteiger partial charge in [0.05, 0.1) is 0 Å². The molecule has 0 aliphatic carbocycles. The van der Waals surface area contributed by atoms with Crippen molar-refractivity contribution in [2.75, 3.05) is 18.0 Å². The molecule has 0 amide bonds. The van der Waals surface area contributed by atoms with Gasteiger partial charge in [-0.3, -0.25) is 0 Å². The maximum absolute atomic E-state index is 5.65. The number of benzene rings is 1. The second-order valence-corrected chi connectivity index (χ2v) is 5.27. The fourth-order valence-electron chi connectivity index (χ4n) is 1.76. The summed E-state index contributed by atoms with van der Waals surface area (Å²) in [5, 5.41) is 0. The lowest BCUT2D eigenvalue weighted by molar-refractivity contribution is 0.618. The van der Waals surface area contributed by atoms with Crippen molar-refractivity contribution >= 4 is 21.6 Å². The van der Waals surface area contributed by atoms with Crippen LogP contribution in [0.1, 0.15) is 26.3 Å². The highest BCUT2D eigenvalue weighted by molar-refractivity contribution is 9.10. The predicted molar refractivity (Wildman–Crippen MR) is 74.8 cm³/mol. The molecule has 1 aromatic carbocycles. The molecule has 0 aliphatic rings. The zero-order valence-corrected chi connectivity index (χ0v) is 11.9. The van der Waals surface area contributed by atoms with E-state index in [1.54, 1.807) is 0 Å². The van der Waals surface area contributed by atoms with E-state index in [0.717, 1.165) is 23.1 Å². The van der Waals surface area contributed by atoms with Gasteiger partial charge in [0.1, 0.15) is 0 Å². The average Bonchev–Trinajstić information content (AvgIpc) is 2.25. The van der Waals surface area contributed by atoms with E-state index in [4.69, 9.17) is 5.73 Å². The van der Waals surface area contributed by atoms with Crippen LogP contribution in [0.25, 0.3) is 0 Å². The Morgan fingerprint density at radius 2 is 2.06 bits per heavy atom. The summed E-state index contributed by atoms with van der Waals surface area (Å²) in [6, 6.07) is 6.41. The standard InChI is InChI=1S/C13H21BrN2/c1-4-16(9-10(2)3)12-6-5-11(8-15)13(14)7-12/h5-7,10H,4,8-9,15H2,1-3H3. The molecule has 0 fully saturated rings. The SMILES string of the molecule is CCN(CC(C)C)c1ccc(CN)c(Br)c1. The molecule has 0 saturated carbocycles. The van der Waals surface area contributed by atoms with Crippen molar-refractivity contribution in [2.24, 2.45) is 11.7 Å². The number of hydrogen-bond donors (Lipinski definition) is 1. The molecule has 0 spiro atoms. The molecule has 0 unspecified atom stereocenters. The lowest BCUT2D eigenvalue weighted by atomic mass is 10.1. The van der Waals surface area contributed by atoms with Gasteiger partial charge < -0.3 is 10.6 Å². The maximum Gasteiger partial charge on any atom is 0.0377 e. The molecule has 2 N–H and O–H groups in total. The first-order valence-electron chi connectivity index (χ1n) is 5.81. The van der Waals surface area contributed by atoms with Gasteiger partial charge in [0.2, 0.25) is 0 Å². The summed E-state index contributed by atoms with van der Waals surface area (Å²) in [4.78, 5) is 2.38. The summed E-state index contributed by atoms with van der Waals surface area (Å²) >= 11 is 3.56. The van der Waals surface area contributed by atoms with Crippen LogP contribution in [0.5, 0.6) is 0 Å². The van der Waals surface area contributed by atoms with Gasteiger partial charge in [0, 0.05) is 29.8 Å². The van der Waals surface area contributed by atoms with Gasteiger partial charge in [-0.1, -0.05) is 35.8 Å². The normalized spacial score (nSPS) is 10.9. The lowest BCUT2D eigenvalue weighted by Crippen LogP contribution is -2.27. The third kappa shape index (κ3) is 3.49. The number of halogens is 1. The second kappa shape index (κ2) is 6.26. The molecule has 2 nitrogen and oxygen atoms in total. The van der Waals surface area contributed by atoms with Crippen LogP contribution in [-0.4, -0.2) is 13.1 Å². The highest BCUT2D eigenvalue weighted by Crippen LogP contribution is 2.24. The first-order chi connectivity index (χ1) is 7.58. The highest BCUT2D eigenvalue weighted by Gasteiger charge is 2.08. The van der Waals surface area contributed by atoms with E-state index in [2.05, 4.69) is 59.8 Å². The maximum atomic E-state index is 5.65. The van der Waals surface area contributed by atoms with Gasteiger partial charge in [-0.2, -0.15) is 0 Å². The molecule has 16 heavy (non-hydrogen) atoms. The number of anilines is 1. The monoisotopic (exact) mass is 284 g/mol. The van der Waals surface area contributed by atoms with Crippen LogP contribution >= 0.6 is 15.9 Å². The number of rotatable bonds is 5. The highest BCUT2D eigenvalue weighted by atomic mass is 79.9. The van der Waals surface area contributed by atoms with Crippen LogP contribution in [0.3, 0.4) is 0 Å². The van der Waals surface area contributed by atoms with E-state index in [-0.39, 0.29) is 0 Å². The van der Waals surface area contributed by atoms with E-state index in [0.29, 0.717) is 12.5 Å². The first kappa shape index (κ1) is 13.5. The Morgan fingerprint density at radius 1 is 1.38 bits per heavy atom. The number of nitrogens with two attached hydrogens (primary N) is 1. The summed E-state index contributed by atoms with van der Waals surface area (Å²) < 4.78 is 1.11. The van der Waals surface area contributed by atoms with Crippen LogP contribution in [0.2, 0.25) is 0 Å². The van der Waals surface area contributed by atoms with Crippen LogP contribution in [-0.2, 0) is 6.54 Å². The Hall–Kier alpha value is -0.540. The van der Waals surface area contributed by atoms with Crippen molar-refractivity contribution in [1.29, 1.82) is 0 Å². The topological polar surface area (TPSA) is 29.3 Å². The second-order valence-electron chi connectivity index (χ2n) is 4.41. The fraction of sp³-hybridized carbons (Fsp3) is 0.538. The summed E-state index contributed by atoms with van der Waals surface area (Å²) in [7, 11) is 0. The first-order valence-corrected chi connectivity index (χ1v) is 6.61. The van der Waals surface area contributed by atoms with Crippen molar-refractivity contribution in [3.63, 3.8) is 0 Å². The molecule has 0 aromatic heterocycles. The van der Waals surface area contributed by atoms with Gasteiger partial charge in [-0.15, -0.1) is 0 Å². The molecule has 1 rings (SSSR count). The smallest absolute Gasteiger partial charge is 0.0377 e. The number of nitrogens with zero attached hydrogens (tertiary/aromatic N) is 1. The van der Waals surface area contributed by atoms with Crippen molar-refractivity contribution in [1.82, 2.24) is 0 Å². The molecule has 1 aromatic rings. The Kier molecular flexibility index (Phi) is 5.29. The molecular formula is C13H21BrN2. The number of hydrogen-bond acceptors (Lipinski definition) is 2. The predicted octanol–water partition coefficient (Wildman–Crippen LogP) is 3.39. The summed E-state index contributed by atoms with van der Waals surface area (Å²) in [6.45, 7) is 9.37. The van der Waals surface area contributed by atoms with E-state index >= 15 is 0 Å². The van der Waals surface area contributed by atoms with Crippen molar-refractivity contribution < 1.29 is 0 Å². The zero-order chi connectivity index (χ0) is 12.1. The Balaban J connectivity index is 2.89. The molecule has 0 bridgehead atoms. The minimum absolute atomic E-state index is 0.581. The van der Waals surface area contributed by atoms with Gasteiger partial charge in [-0.05, 0) is 30.5 Å². The molecule has 0 aliphatic heterocycles. The van der Waals surface area contributed by atoms with E-state index in [1.165, 1.54) is 5.69 Å². The van der Waals surface area contributed by atoms with E-state index in [9.17, 15) is 0 Å². The zero-order valence-electron chi connectivity index (χ0n) is 10.3. The van der Waals surface area contributed by atoms with E-state index < -0.39 is 0 Å². The molecule has 3 heteroatoms. The Morgan fingerprint density at radius 3 is 2.50 bits per heavy atom. The minimum atomic E-state index is 0.581. The van der Waals surface area contributed by atoms with Gasteiger partial charge in [0.15, 0.2) is 0 Å². The van der Waals surface area contributed by atoms with Crippen LogP contribution < -0.4 is 10.6 Å². The lowest BCUT2D eigenvalue weighted by Gasteiger charge is -2.25. The summed E-state index contributed by atoms with van der Waals surface area (Å²) in [5.74, 6) is 0.674. The van der Waals surface area contributed by atoms with Gasteiger partial charge in [-0.25, -0.2) is 0 Å². The quantitative estimate of drug-likeness (QED) is 0.898. The molecule has 0 heterocycles. The van der Waals surface area contributed by atoms with Crippen LogP contribution in [0.4, 0.5) is 5.69 Å².